The van der Waals surface area contributed by atoms with Crippen molar-refractivity contribution in [1.82, 2.24) is 15.0 Å². The molecule has 2 rings (SSSR count). The van der Waals surface area contributed by atoms with E-state index in [2.05, 4.69) is 20.3 Å². The second-order valence-corrected chi connectivity index (χ2v) is 8.83. The monoisotopic (exact) mass is 378 g/mol. The molecule has 0 aliphatic rings. The quantitative estimate of drug-likeness (QED) is 0.771. The Kier molecular flexibility index (Phi) is 5.55. The van der Waals surface area contributed by atoms with Gasteiger partial charge in [-0.3, -0.25) is 0 Å². The Labute approximate surface area is 157 Å². The summed E-state index contributed by atoms with van der Waals surface area (Å²) >= 11 is 1.26. The SMILES string of the molecule is CCOC(=O)c1csc(Nc2nc(C(C)(C)C)c(O)c(C(C)(C)C)n2)n1. The Morgan fingerprint density at radius 3 is 2.12 bits per heavy atom. The number of nitrogens with one attached hydrogen (secondary N) is 1. The molecule has 0 amide bonds. The minimum atomic E-state index is -0.464. The molecule has 2 aromatic heterocycles. The fourth-order valence-corrected chi connectivity index (χ4v) is 2.96. The van der Waals surface area contributed by atoms with Gasteiger partial charge in [-0.2, -0.15) is 0 Å². The number of hydrogen-bond donors (Lipinski definition) is 2. The van der Waals surface area contributed by atoms with E-state index in [1.807, 2.05) is 41.5 Å². The van der Waals surface area contributed by atoms with Crippen LogP contribution in [0.15, 0.2) is 5.38 Å². The van der Waals surface area contributed by atoms with Crippen LogP contribution in [0.3, 0.4) is 0 Å². The molecule has 142 valence electrons. The van der Waals surface area contributed by atoms with E-state index in [-0.39, 0.29) is 22.3 Å². The summed E-state index contributed by atoms with van der Waals surface area (Å²) in [5.41, 5.74) is 0.639. The van der Waals surface area contributed by atoms with E-state index in [0.717, 1.165) is 0 Å². The fraction of sp³-hybridized carbons (Fsp3) is 0.556. The first-order valence-electron chi connectivity index (χ1n) is 8.45. The zero-order chi connectivity index (χ0) is 19.7. The number of aromatic nitrogens is 3. The van der Waals surface area contributed by atoms with Crippen LogP contribution in [0.1, 0.15) is 70.3 Å². The Hall–Kier alpha value is -2.22. The number of rotatable bonds is 4. The summed E-state index contributed by atoms with van der Waals surface area (Å²) in [5.74, 6) is -0.0153. The van der Waals surface area contributed by atoms with Gasteiger partial charge in [0, 0.05) is 16.2 Å². The van der Waals surface area contributed by atoms with Gasteiger partial charge in [0.2, 0.25) is 5.95 Å². The molecule has 0 radical (unpaired) electrons. The highest BCUT2D eigenvalue weighted by Gasteiger charge is 2.29. The molecule has 0 atom stereocenters. The number of aromatic hydroxyl groups is 1. The number of hydrogen-bond acceptors (Lipinski definition) is 8. The molecule has 2 N–H and O–H groups in total. The third-order valence-corrected chi connectivity index (χ3v) is 4.27. The van der Waals surface area contributed by atoms with Crippen molar-refractivity contribution in [3.8, 4) is 5.75 Å². The molecule has 7 nitrogen and oxygen atoms in total. The van der Waals surface area contributed by atoms with Gasteiger partial charge >= 0.3 is 5.97 Å². The highest BCUT2D eigenvalue weighted by atomic mass is 32.1. The second kappa shape index (κ2) is 7.19. The third-order valence-electron chi connectivity index (χ3n) is 3.51. The number of carbonyl (C=O) groups is 1. The molecular formula is C18H26N4O3S. The van der Waals surface area contributed by atoms with Crippen LogP contribution in [0.25, 0.3) is 0 Å². The van der Waals surface area contributed by atoms with Crippen molar-refractivity contribution in [1.29, 1.82) is 0 Å². The molecule has 26 heavy (non-hydrogen) atoms. The maximum absolute atomic E-state index is 11.8. The number of ether oxygens (including phenoxy) is 1. The van der Waals surface area contributed by atoms with E-state index in [1.54, 1.807) is 12.3 Å². The van der Waals surface area contributed by atoms with E-state index in [0.29, 0.717) is 29.1 Å². The lowest BCUT2D eigenvalue weighted by molar-refractivity contribution is 0.0520. The average molecular weight is 378 g/mol. The summed E-state index contributed by atoms with van der Waals surface area (Å²) in [7, 11) is 0. The van der Waals surface area contributed by atoms with E-state index >= 15 is 0 Å². The highest BCUT2D eigenvalue weighted by molar-refractivity contribution is 7.14. The predicted octanol–water partition coefficient (Wildman–Crippen LogP) is 4.15. The fourth-order valence-electron chi connectivity index (χ4n) is 2.28. The van der Waals surface area contributed by atoms with Crippen LogP contribution in [-0.4, -0.2) is 32.6 Å². The molecule has 0 saturated heterocycles. The lowest BCUT2D eigenvalue weighted by Crippen LogP contribution is -2.21. The van der Waals surface area contributed by atoms with Crippen LogP contribution in [0.2, 0.25) is 0 Å². The van der Waals surface area contributed by atoms with Crippen molar-refractivity contribution < 1.29 is 14.6 Å². The number of carbonyl (C=O) groups excluding carboxylic acids is 1. The number of esters is 1. The third kappa shape index (κ3) is 4.49. The minimum Gasteiger partial charge on any atom is -0.504 e. The molecule has 0 fully saturated rings. The molecule has 0 aromatic carbocycles. The van der Waals surface area contributed by atoms with E-state index in [4.69, 9.17) is 4.74 Å². The van der Waals surface area contributed by atoms with Gasteiger partial charge in [-0.15, -0.1) is 11.3 Å². The van der Waals surface area contributed by atoms with E-state index in [1.165, 1.54) is 11.3 Å². The molecular weight excluding hydrogens is 352 g/mol. The molecule has 0 aliphatic carbocycles. The number of nitrogens with zero attached hydrogens (tertiary/aromatic N) is 3. The van der Waals surface area contributed by atoms with Gasteiger partial charge in [0.1, 0.15) is 0 Å². The highest BCUT2D eigenvalue weighted by Crippen LogP contribution is 2.37. The van der Waals surface area contributed by atoms with Crippen molar-refractivity contribution in [2.45, 2.75) is 59.3 Å². The zero-order valence-corrected chi connectivity index (χ0v) is 17.1. The molecule has 0 aliphatic heterocycles. The van der Waals surface area contributed by atoms with Gasteiger partial charge in [-0.1, -0.05) is 41.5 Å². The molecule has 2 heterocycles. The minimum absolute atomic E-state index is 0.113. The first kappa shape index (κ1) is 20.1. The molecule has 0 saturated carbocycles. The standard InChI is InChI=1S/C18H26N4O3S/c1-8-25-14(24)10-9-26-16(19-10)22-15-20-12(17(2,3)4)11(23)13(21-15)18(5,6)7/h9,23H,8H2,1-7H3,(H,19,20,21,22). The van der Waals surface area contributed by atoms with Gasteiger partial charge in [0.15, 0.2) is 16.6 Å². The summed E-state index contributed by atoms with van der Waals surface area (Å²) < 4.78 is 4.95. The number of thiazole rings is 1. The van der Waals surface area contributed by atoms with Crippen molar-refractivity contribution in [2.24, 2.45) is 0 Å². The van der Waals surface area contributed by atoms with Gasteiger partial charge < -0.3 is 15.2 Å². The lowest BCUT2D eigenvalue weighted by Gasteiger charge is -2.25. The zero-order valence-electron chi connectivity index (χ0n) is 16.3. The molecule has 8 heteroatoms. The summed E-state index contributed by atoms with van der Waals surface area (Å²) in [5, 5.41) is 15.8. The van der Waals surface area contributed by atoms with Gasteiger partial charge in [-0.25, -0.2) is 19.7 Å². The van der Waals surface area contributed by atoms with Crippen LogP contribution in [0, 0.1) is 0 Å². The second-order valence-electron chi connectivity index (χ2n) is 7.98. The van der Waals surface area contributed by atoms with E-state index in [9.17, 15) is 9.90 Å². The van der Waals surface area contributed by atoms with Crippen LogP contribution >= 0.6 is 11.3 Å². The average Bonchev–Trinajstić information content (AvgIpc) is 2.95. The molecule has 2 aromatic rings. The number of anilines is 2. The normalized spacial score (nSPS) is 12.1. The first-order chi connectivity index (χ1) is 11.9. The summed E-state index contributed by atoms with van der Waals surface area (Å²) in [6.45, 7) is 13.9. The van der Waals surface area contributed by atoms with Crippen molar-refractivity contribution >= 4 is 28.4 Å². The van der Waals surface area contributed by atoms with Crippen LogP contribution < -0.4 is 5.32 Å². The van der Waals surface area contributed by atoms with E-state index < -0.39 is 5.97 Å². The van der Waals surface area contributed by atoms with Crippen LogP contribution in [-0.2, 0) is 15.6 Å². The largest absolute Gasteiger partial charge is 0.504 e. The lowest BCUT2D eigenvalue weighted by atomic mass is 9.85. The Morgan fingerprint density at radius 1 is 1.12 bits per heavy atom. The maximum Gasteiger partial charge on any atom is 0.357 e. The van der Waals surface area contributed by atoms with Crippen molar-refractivity contribution in [3.05, 3.63) is 22.5 Å². The molecule has 0 unspecified atom stereocenters. The van der Waals surface area contributed by atoms with Crippen LogP contribution in [0.4, 0.5) is 11.1 Å². The van der Waals surface area contributed by atoms with Crippen molar-refractivity contribution in [3.63, 3.8) is 0 Å². The molecule has 0 bridgehead atoms. The summed E-state index contributed by atoms with van der Waals surface area (Å²) in [6, 6.07) is 0. The Bertz CT molecular complexity index is 768. The molecule has 0 spiro atoms. The smallest absolute Gasteiger partial charge is 0.357 e. The first-order valence-corrected chi connectivity index (χ1v) is 9.33. The van der Waals surface area contributed by atoms with Crippen molar-refractivity contribution in [2.75, 3.05) is 11.9 Å². The van der Waals surface area contributed by atoms with Gasteiger partial charge in [-0.05, 0) is 6.92 Å². The Balaban J connectivity index is 2.42. The predicted molar refractivity (Wildman–Crippen MR) is 102 cm³/mol. The van der Waals surface area contributed by atoms with Gasteiger partial charge in [0.05, 0.1) is 18.0 Å². The van der Waals surface area contributed by atoms with Gasteiger partial charge in [0.25, 0.3) is 0 Å². The maximum atomic E-state index is 11.8. The van der Waals surface area contributed by atoms with Crippen LogP contribution in [0.5, 0.6) is 5.75 Å². The Morgan fingerprint density at radius 2 is 1.65 bits per heavy atom. The summed E-state index contributed by atoms with van der Waals surface area (Å²) in [4.78, 5) is 24.9. The topological polar surface area (TPSA) is 97.2 Å². The summed E-state index contributed by atoms with van der Waals surface area (Å²) in [6.07, 6.45) is 0.